The minimum atomic E-state index is -0.377. The van der Waals surface area contributed by atoms with Gasteiger partial charge in [-0.1, -0.05) is 29.8 Å². The zero-order valence-electron chi connectivity index (χ0n) is 20.5. The normalized spacial score (nSPS) is 15.5. The number of amides is 1. The number of nitrogens with zero attached hydrogens (tertiary/aromatic N) is 2. The first-order valence-corrected chi connectivity index (χ1v) is 13.9. The Balaban J connectivity index is 1.49. The fourth-order valence-corrected chi connectivity index (χ4v) is 5.88. The second-order valence-corrected chi connectivity index (χ2v) is 10.9. The number of amidine groups is 1. The summed E-state index contributed by atoms with van der Waals surface area (Å²) in [5, 5.41) is 0.552. The number of hydrogen-bond acceptors (Lipinski definition) is 6. The fraction of sp³-hybridized carbons (Fsp3) is 0.179. The maximum absolute atomic E-state index is 12.9. The third-order valence-corrected chi connectivity index (χ3v) is 7.67. The Morgan fingerprint density at radius 2 is 1.70 bits per heavy atom. The molecule has 0 bridgehead atoms. The molecule has 0 saturated carbocycles. The van der Waals surface area contributed by atoms with Crippen LogP contribution >= 0.6 is 43.6 Å². The second kappa shape index (κ2) is 12.1. The molecule has 0 unspecified atom stereocenters. The summed E-state index contributed by atoms with van der Waals surface area (Å²) in [4.78, 5) is 31.4. The van der Waals surface area contributed by atoms with E-state index in [4.69, 9.17) is 9.47 Å². The molecule has 1 aliphatic rings. The molecule has 0 N–H and O–H groups in total. The number of esters is 1. The quantitative estimate of drug-likeness (QED) is 0.197. The number of ether oxygens (including phenoxy) is 2. The van der Waals surface area contributed by atoms with Crippen molar-refractivity contribution in [3.05, 3.63) is 96.8 Å². The van der Waals surface area contributed by atoms with Gasteiger partial charge in [0.05, 0.1) is 31.7 Å². The summed E-state index contributed by atoms with van der Waals surface area (Å²) in [7, 11) is 1.69. The van der Waals surface area contributed by atoms with Crippen molar-refractivity contribution in [3.8, 4) is 5.75 Å². The van der Waals surface area contributed by atoms with Gasteiger partial charge in [-0.3, -0.25) is 9.69 Å². The summed E-state index contributed by atoms with van der Waals surface area (Å²) >= 11 is 8.49. The molecule has 0 radical (unpaired) electrons. The van der Waals surface area contributed by atoms with E-state index in [1.54, 1.807) is 38.2 Å². The molecule has 0 atom stereocenters. The SMILES string of the molecule is CCOC(=O)c1ccc(N=C2SC(=Cc3cc(Br)c(OCc4ccc(C)cc4)c(Br)c3)C(=O)N2C)cc1. The van der Waals surface area contributed by atoms with Crippen LogP contribution in [0.2, 0.25) is 0 Å². The Hall–Kier alpha value is -2.88. The second-order valence-electron chi connectivity index (χ2n) is 8.22. The van der Waals surface area contributed by atoms with Crippen LogP contribution in [0.15, 0.2) is 79.5 Å². The van der Waals surface area contributed by atoms with Gasteiger partial charge in [-0.2, -0.15) is 0 Å². The van der Waals surface area contributed by atoms with E-state index in [-0.39, 0.29) is 11.9 Å². The van der Waals surface area contributed by atoms with E-state index in [1.807, 2.05) is 30.3 Å². The Labute approximate surface area is 237 Å². The molecule has 9 heteroatoms. The Morgan fingerprint density at radius 3 is 2.32 bits per heavy atom. The van der Waals surface area contributed by atoms with E-state index >= 15 is 0 Å². The molecule has 1 amide bonds. The molecule has 37 heavy (non-hydrogen) atoms. The Bertz CT molecular complexity index is 1360. The number of benzene rings is 3. The van der Waals surface area contributed by atoms with Crippen LogP contribution in [0.5, 0.6) is 5.75 Å². The number of carbonyl (C=O) groups excluding carboxylic acids is 2. The van der Waals surface area contributed by atoms with Crippen LogP contribution in [-0.4, -0.2) is 35.6 Å². The van der Waals surface area contributed by atoms with Crippen LogP contribution in [0.25, 0.3) is 6.08 Å². The molecular weight excluding hydrogens is 620 g/mol. The smallest absolute Gasteiger partial charge is 0.338 e. The average molecular weight is 644 g/mol. The number of aryl methyl sites for hydroxylation is 1. The van der Waals surface area contributed by atoms with E-state index in [9.17, 15) is 9.59 Å². The molecular formula is C28H24Br2N2O4S. The van der Waals surface area contributed by atoms with Gasteiger partial charge in [-0.15, -0.1) is 0 Å². The number of carbonyl (C=O) groups is 2. The topological polar surface area (TPSA) is 68.2 Å². The monoisotopic (exact) mass is 642 g/mol. The van der Waals surface area contributed by atoms with Crippen molar-refractivity contribution in [2.45, 2.75) is 20.5 Å². The fourth-order valence-electron chi connectivity index (χ4n) is 3.44. The zero-order valence-corrected chi connectivity index (χ0v) is 24.4. The van der Waals surface area contributed by atoms with Gasteiger partial charge in [0.25, 0.3) is 5.91 Å². The van der Waals surface area contributed by atoms with Gasteiger partial charge >= 0.3 is 5.97 Å². The van der Waals surface area contributed by atoms with Crippen LogP contribution in [0.4, 0.5) is 5.69 Å². The van der Waals surface area contributed by atoms with E-state index < -0.39 is 0 Å². The van der Waals surface area contributed by atoms with Gasteiger partial charge in [0, 0.05) is 7.05 Å². The van der Waals surface area contributed by atoms with Crippen LogP contribution in [0.3, 0.4) is 0 Å². The Kier molecular flexibility index (Phi) is 8.89. The molecule has 0 spiro atoms. The molecule has 190 valence electrons. The van der Waals surface area contributed by atoms with Crippen molar-refractivity contribution >= 4 is 72.4 Å². The van der Waals surface area contributed by atoms with Gasteiger partial charge in [-0.05, 0) is 111 Å². The van der Waals surface area contributed by atoms with E-state index in [0.717, 1.165) is 20.1 Å². The first-order valence-electron chi connectivity index (χ1n) is 11.5. The lowest BCUT2D eigenvalue weighted by atomic mass is 10.1. The number of aliphatic imine (C=N–C) groups is 1. The number of likely N-dealkylation sites (N-methyl/N-ethyl adjacent to an activating group) is 1. The summed E-state index contributed by atoms with van der Waals surface area (Å²) in [6, 6.07) is 18.8. The Morgan fingerprint density at radius 1 is 1.05 bits per heavy atom. The summed E-state index contributed by atoms with van der Waals surface area (Å²) < 4.78 is 12.6. The molecule has 1 saturated heterocycles. The molecule has 0 aromatic heterocycles. The number of rotatable bonds is 7. The summed E-state index contributed by atoms with van der Waals surface area (Å²) in [5.41, 5.74) is 4.21. The lowest BCUT2D eigenvalue weighted by Crippen LogP contribution is -2.23. The van der Waals surface area contributed by atoms with Gasteiger partial charge in [-0.25, -0.2) is 9.79 Å². The third-order valence-electron chi connectivity index (χ3n) is 5.43. The van der Waals surface area contributed by atoms with E-state index in [1.165, 1.54) is 22.2 Å². The maximum atomic E-state index is 12.9. The van der Waals surface area contributed by atoms with Crippen molar-refractivity contribution in [2.75, 3.05) is 13.7 Å². The van der Waals surface area contributed by atoms with Crippen LogP contribution in [-0.2, 0) is 16.1 Å². The average Bonchev–Trinajstić information content (AvgIpc) is 3.12. The summed E-state index contributed by atoms with van der Waals surface area (Å²) in [5.74, 6) is 0.177. The standard InChI is InChI=1S/C28H24Br2N2O4S/c1-4-35-27(34)20-9-11-21(12-10-20)31-28-32(3)26(33)24(37-28)15-19-13-22(29)25(23(30)14-19)36-16-18-7-5-17(2)6-8-18/h5-15H,4,16H2,1-3H3. The molecule has 3 aromatic carbocycles. The zero-order chi connectivity index (χ0) is 26.5. The molecule has 3 aromatic rings. The van der Waals surface area contributed by atoms with Crippen LogP contribution in [0.1, 0.15) is 34.0 Å². The van der Waals surface area contributed by atoms with Gasteiger partial charge in [0.2, 0.25) is 0 Å². The van der Waals surface area contributed by atoms with E-state index in [0.29, 0.717) is 40.3 Å². The molecule has 1 heterocycles. The predicted molar refractivity (Wildman–Crippen MR) is 155 cm³/mol. The maximum Gasteiger partial charge on any atom is 0.338 e. The van der Waals surface area contributed by atoms with Crippen molar-refractivity contribution < 1.29 is 19.1 Å². The van der Waals surface area contributed by atoms with Crippen molar-refractivity contribution in [1.82, 2.24) is 4.90 Å². The largest absolute Gasteiger partial charge is 0.487 e. The molecule has 1 aliphatic heterocycles. The summed E-state index contributed by atoms with van der Waals surface area (Å²) in [6.07, 6.45) is 1.83. The molecule has 6 nitrogen and oxygen atoms in total. The highest BCUT2D eigenvalue weighted by Crippen LogP contribution is 2.38. The minimum Gasteiger partial charge on any atom is -0.487 e. The van der Waals surface area contributed by atoms with Crippen LogP contribution < -0.4 is 4.74 Å². The van der Waals surface area contributed by atoms with Crippen molar-refractivity contribution in [1.29, 1.82) is 0 Å². The van der Waals surface area contributed by atoms with Gasteiger partial charge in [0.15, 0.2) is 5.17 Å². The highest BCUT2D eigenvalue weighted by molar-refractivity contribution is 9.11. The third kappa shape index (κ3) is 6.71. The highest BCUT2D eigenvalue weighted by Gasteiger charge is 2.30. The lowest BCUT2D eigenvalue weighted by molar-refractivity contribution is -0.121. The molecule has 0 aliphatic carbocycles. The van der Waals surface area contributed by atoms with Gasteiger partial charge < -0.3 is 9.47 Å². The predicted octanol–water partition coefficient (Wildman–Crippen LogP) is 7.51. The molecule has 4 rings (SSSR count). The van der Waals surface area contributed by atoms with Crippen molar-refractivity contribution in [3.63, 3.8) is 0 Å². The molecule has 1 fully saturated rings. The minimum absolute atomic E-state index is 0.140. The highest BCUT2D eigenvalue weighted by atomic mass is 79.9. The lowest BCUT2D eigenvalue weighted by Gasteiger charge is -2.12. The van der Waals surface area contributed by atoms with Crippen molar-refractivity contribution in [2.24, 2.45) is 4.99 Å². The van der Waals surface area contributed by atoms with Gasteiger partial charge in [0.1, 0.15) is 12.4 Å². The number of hydrogen-bond donors (Lipinski definition) is 0. The summed E-state index contributed by atoms with van der Waals surface area (Å²) in [6.45, 7) is 4.57. The number of thioether (sulfide) groups is 1. The van der Waals surface area contributed by atoms with Crippen LogP contribution in [0, 0.1) is 6.92 Å². The van der Waals surface area contributed by atoms with E-state index in [2.05, 4.69) is 55.9 Å². The first kappa shape index (κ1) is 27.2. The number of halogens is 2. The first-order chi connectivity index (χ1) is 17.7.